The molecule has 1 amide bonds. The molecule has 2 rings (SSSR count). The molecule has 0 aliphatic rings. The number of nitrogens with one attached hydrogen (secondary N) is 3. The van der Waals surface area contributed by atoms with Gasteiger partial charge in [0.2, 0.25) is 9.70 Å². The van der Waals surface area contributed by atoms with E-state index in [1.807, 2.05) is 62.4 Å². The predicted octanol–water partition coefficient (Wildman–Crippen LogP) is 5.04. The maximum atomic E-state index is 12.3. The Hall–Kier alpha value is -1.53. The van der Waals surface area contributed by atoms with Crippen molar-refractivity contribution in [3.05, 3.63) is 65.2 Å². The summed E-state index contributed by atoms with van der Waals surface area (Å²) >= 11 is 23.4. The fourth-order valence-electron chi connectivity index (χ4n) is 2.58. The molecular weight excluding hydrogens is 437 g/mol. The average Bonchev–Trinajstić information content (AvgIpc) is 2.62. The third-order valence-corrected chi connectivity index (χ3v) is 4.90. The average molecular weight is 459 g/mol. The molecule has 0 bridgehead atoms. The molecule has 0 spiro atoms. The van der Waals surface area contributed by atoms with Crippen molar-refractivity contribution in [2.75, 3.05) is 5.32 Å². The van der Waals surface area contributed by atoms with Crippen LogP contribution in [0.2, 0.25) is 0 Å². The van der Waals surface area contributed by atoms with Gasteiger partial charge in [-0.2, -0.15) is 0 Å². The van der Waals surface area contributed by atoms with E-state index < -0.39 is 9.96 Å². The van der Waals surface area contributed by atoms with Crippen molar-refractivity contribution in [3.63, 3.8) is 0 Å². The first-order chi connectivity index (χ1) is 13.1. The number of carbonyl (C=O) groups excluding carboxylic acids is 1. The van der Waals surface area contributed by atoms with E-state index in [2.05, 4.69) is 16.0 Å². The second-order valence-electron chi connectivity index (χ2n) is 6.44. The fourth-order valence-corrected chi connectivity index (χ4v) is 3.13. The van der Waals surface area contributed by atoms with Gasteiger partial charge < -0.3 is 16.0 Å². The summed E-state index contributed by atoms with van der Waals surface area (Å²) in [6.07, 6.45) is -0.128. The lowest BCUT2D eigenvalue weighted by Gasteiger charge is -2.28. The fraction of sp³-hybridized carbons (Fsp3) is 0.300. The van der Waals surface area contributed by atoms with Crippen LogP contribution in [0.3, 0.4) is 0 Å². The molecule has 0 aliphatic heterocycles. The summed E-state index contributed by atoms with van der Waals surface area (Å²) in [6, 6.07) is 15.6. The number of alkyl halides is 3. The summed E-state index contributed by atoms with van der Waals surface area (Å²) in [7, 11) is 0. The number of carbonyl (C=O) groups is 1. The van der Waals surface area contributed by atoms with Crippen LogP contribution in [0.15, 0.2) is 48.5 Å². The molecule has 0 saturated carbocycles. The minimum absolute atomic E-state index is 0.242. The van der Waals surface area contributed by atoms with E-state index >= 15 is 0 Å². The van der Waals surface area contributed by atoms with Gasteiger partial charge in [0.25, 0.3) is 0 Å². The molecule has 0 heterocycles. The van der Waals surface area contributed by atoms with Gasteiger partial charge in [-0.3, -0.25) is 4.79 Å². The van der Waals surface area contributed by atoms with Crippen LogP contribution < -0.4 is 16.0 Å². The highest BCUT2D eigenvalue weighted by atomic mass is 35.6. The standard InChI is InChI=1S/C20H22Cl3N3OS/c1-13-8-10-16(14(2)12-13)24-19(28)26-18(20(21,22)23)25-17(27)11-9-15-6-4-3-5-7-15/h3-8,10,12,18H,9,11H2,1-2H3,(H,25,27)(H2,24,26,28). The first kappa shape index (κ1) is 22.8. The van der Waals surface area contributed by atoms with E-state index in [4.69, 9.17) is 47.0 Å². The van der Waals surface area contributed by atoms with Crippen LogP contribution in [0.25, 0.3) is 0 Å². The molecule has 4 nitrogen and oxygen atoms in total. The van der Waals surface area contributed by atoms with Crippen molar-refractivity contribution in [3.8, 4) is 0 Å². The highest BCUT2D eigenvalue weighted by Crippen LogP contribution is 2.29. The van der Waals surface area contributed by atoms with Gasteiger partial charge in [-0.1, -0.05) is 82.8 Å². The molecule has 0 fully saturated rings. The van der Waals surface area contributed by atoms with E-state index in [0.717, 1.165) is 22.4 Å². The predicted molar refractivity (Wildman–Crippen MR) is 122 cm³/mol. The Morgan fingerprint density at radius 3 is 2.36 bits per heavy atom. The number of anilines is 1. The molecule has 1 atom stereocenters. The molecule has 0 aromatic heterocycles. The third-order valence-electron chi connectivity index (χ3n) is 4.02. The largest absolute Gasteiger partial charge is 0.339 e. The number of hydrogen-bond acceptors (Lipinski definition) is 2. The van der Waals surface area contributed by atoms with Crippen LogP contribution in [-0.2, 0) is 11.2 Å². The van der Waals surface area contributed by atoms with Crippen molar-refractivity contribution in [2.45, 2.75) is 36.6 Å². The molecule has 150 valence electrons. The lowest BCUT2D eigenvalue weighted by molar-refractivity contribution is -0.121. The van der Waals surface area contributed by atoms with Gasteiger partial charge >= 0.3 is 0 Å². The van der Waals surface area contributed by atoms with Crippen molar-refractivity contribution in [1.29, 1.82) is 0 Å². The van der Waals surface area contributed by atoms with Crippen LogP contribution in [0.1, 0.15) is 23.1 Å². The quantitative estimate of drug-likeness (QED) is 0.323. The molecule has 28 heavy (non-hydrogen) atoms. The van der Waals surface area contributed by atoms with Gasteiger partial charge in [0, 0.05) is 12.1 Å². The molecule has 2 aromatic carbocycles. The van der Waals surface area contributed by atoms with Gasteiger partial charge in [0.05, 0.1) is 0 Å². The molecule has 0 saturated heterocycles. The Kier molecular flexibility index (Phi) is 8.38. The normalized spacial score (nSPS) is 12.2. The zero-order valence-electron chi connectivity index (χ0n) is 15.6. The maximum absolute atomic E-state index is 12.3. The smallest absolute Gasteiger partial charge is 0.228 e. The third kappa shape index (κ3) is 7.47. The Morgan fingerprint density at radius 2 is 1.75 bits per heavy atom. The van der Waals surface area contributed by atoms with Gasteiger partial charge in [-0.05, 0) is 49.7 Å². The summed E-state index contributed by atoms with van der Waals surface area (Å²) < 4.78 is -1.78. The van der Waals surface area contributed by atoms with Crippen LogP contribution in [0, 0.1) is 13.8 Å². The number of halogens is 3. The number of amides is 1. The van der Waals surface area contributed by atoms with E-state index in [1.165, 1.54) is 0 Å². The first-order valence-electron chi connectivity index (χ1n) is 8.70. The van der Waals surface area contributed by atoms with E-state index in [0.29, 0.717) is 6.42 Å². The number of aryl methyl sites for hydroxylation is 3. The van der Waals surface area contributed by atoms with Gasteiger partial charge in [0.1, 0.15) is 6.17 Å². The topological polar surface area (TPSA) is 53.2 Å². The van der Waals surface area contributed by atoms with Gasteiger partial charge in [-0.25, -0.2) is 0 Å². The van der Waals surface area contributed by atoms with E-state index in [-0.39, 0.29) is 17.4 Å². The minimum atomic E-state index is -1.78. The lowest BCUT2D eigenvalue weighted by Crippen LogP contribution is -2.56. The molecule has 0 aliphatic carbocycles. The van der Waals surface area contributed by atoms with Crippen LogP contribution in [-0.4, -0.2) is 21.0 Å². The highest BCUT2D eigenvalue weighted by molar-refractivity contribution is 7.80. The molecule has 3 N–H and O–H groups in total. The highest BCUT2D eigenvalue weighted by Gasteiger charge is 2.34. The summed E-state index contributed by atoms with van der Waals surface area (Å²) in [4.78, 5) is 12.3. The summed E-state index contributed by atoms with van der Waals surface area (Å²) in [5.74, 6) is -0.248. The maximum Gasteiger partial charge on any atom is 0.228 e. The summed E-state index contributed by atoms with van der Waals surface area (Å²) in [5.41, 5.74) is 4.07. The SMILES string of the molecule is Cc1ccc(NC(=S)NC(NC(=O)CCc2ccccc2)C(Cl)(Cl)Cl)c(C)c1. The van der Waals surface area contributed by atoms with Crippen molar-refractivity contribution in [1.82, 2.24) is 10.6 Å². The molecule has 2 aromatic rings. The second-order valence-corrected chi connectivity index (χ2v) is 9.22. The molecular formula is C20H22Cl3N3OS. The number of rotatable bonds is 6. The molecule has 8 heteroatoms. The van der Waals surface area contributed by atoms with Crippen LogP contribution in [0.5, 0.6) is 0 Å². The zero-order chi connectivity index (χ0) is 20.7. The number of benzene rings is 2. The zero-order valence-corrected chi connectivity index (χ0v) is 18.6. The van der Waals surface area contributed by atoms with Crippen LogP contribution >= 0.6 is 47.0 Å². The molecule has 0 radical (unpaired) electrons. The van der Waals surface area contributed by atoms with Crippen LogP contribution in [0.4, 0.5) is 5.69 Å². The number of thiocarbonyl (C=S) groups is 1. The minimum Gasteiger partial charge on any atom is -0.339 e. The Labute approximate surface area is 185 Å². The summed E-state index contributed by atoms with van der Waals surface area (Å²) in [6.45, 7) is 3.98. The Morgan fingerprint density at radius 1 is 1.07 bits per heavy atom. The monoisotopic (exact) mass is 457 g/mol. The molecule has 1 unspecified atom stereocenters. The van der Waals surface area contributed by atoms with Gasteiger partial charge in [0.15, 0.2) is 5.11 Å². The summed E-state index contributed by atoms with van der Waals surface area (Å²) in [5, 5.41) is 8.87. The van der Waals surface area contributed by atoms with Gasteiger partial charge in [-0.15, -0.1) is 0 Å². The van der Waals surface area contributed by atoms with E-state index in [9.17, 15) is 4.79 Å². The Balaban J connectivity index is 1.95. The first-order valence-corrected chi connectivity index (χ1v) is 10.2. The second kappa shape index (κ2) is 10.3. The van der Waals surface area contributed by atoms with Crippen molar-refractivity contribution < 1.29 is 4.79 Å². The van der Waals surface area contributed by atoms with Crippen molar-refractivity contribution in [2.24, 2.45) is 0 Å². The number of hydrogen-bond donors (Lipinski definition) is 3. The Bertz CT molecular complexity index is 825. The van der Waals surface area contributed by atoms with Crippen molar-refractivity contribution >= 4 is 63.7 Å². The van der Waals surface area contributed by atoms with E-state index in [1.54, 1.807) is 0 Å². The lowest BCUT2D eigenvalue weighted by atomic mass is 10.1.